The van der Waals surface area contributed by atoms with Crippen molar-refractivity contribution in [3.05, 3.63) is 41.6 Å². The normalized spacial score (nSPS) is 17.4. The largest absolute Gasteiger partial charge is 0.339 e. The summed E-state index contributed by atoms with van der Waals surface area (Å²) in [5.41, 5.74) is 0. The highest BCUT2D eigenvalue weighted by Crippen LogP contribution is 2.31. The highest BCUT2D eigenvalue weighted by Gasteiger charge is 2.30. The lowest BCUT2D eigenvalue weighted by atomic mass is 10.0. The van der Waals surface area contributed by atoms with Gasteiger partial charge in [0.15, 0.2) is 0 Å². The number of rotatable bonds is 6. The predicted octanol–water partition coefficient (Wildman–Crippen LogP) is 3.70. The molecule has 4 heterocycles. The van der Waals surface area contributed by atoms with E-state index in [1.807, 2.05) is 34.8 Å². The lowest BCUT2D eigenvalue weighted by Gasteiger charge is -2.35. The molecule has 1 fully saturated rings. The van der Waals surface area contributed by atoms with Crippen LogP contribution in [0.5, 0.6) is 0 Å². The van der Waals surface area contributed by atoms with Gasteiger partial charge in [0.25, 0.3) is 0 Å². The first-order valence-corrected chi connectivity index (χ1v) is 10.3. The molecule has 0 bridgehead atoms. The van der Waals surface area contributed by atoms with Crippen molar-refractivity contribution in [2.24, 2.45) is 0 Å². The van der Waals surface area contributed by atoms with Gasteiger partial charge >= 0.3 is 0 Å². The fourth-order valence-electron chi connectivity index (χ4n) is 3.60. The molecule has 4 rings (SSSR count). The van der Waals surface area contributed by atoms with Gasteiger partial charge in [-0.05, 0) is 37.6 Å². The van der Waals surface area contributed by atoms with Crippen LogP contribution in [0.25, 0.3) is 10.7 Å². The zero-order valence-electron chi connectivity index (χ0n) is 15.4. The lowest BCUT2D eigenvalue weighted by molar-refractivity contribution is -0.135. The van der Waals surface area contributed by atoms with Crippen LogP contribution in [-0.4, -0.2) is 37.0 Å². The van der Waals surface area contributed by atoms with Gasteiger partial charge in [0.2, 0.25) is 17.6 Å². The number of nitrogens with zero attached hydrogens (tertiary/aromatic N) is 5. The smallest absolute Gasteiger partial charge is 0.227 e. The van der Waals surface area contributed by atoms with Crippen LogP contribution in [0, 0.1) is 0 Å². The molecule has 1 amide bonds. The molecule has 3 aromatic heterocycles. The number of piperidine rings is 1. The number of aryl methyl sites for hydroxylation is 2. The molecule has 0 N–H and O–H groups in total. The summed E-state index contributed by atoms with van der Waals surface area (Å²) in [6.07, 6.45) is 7.76. The van der Waals surface area contributed by atoms with Crippen LogP contribution in [-0.2, 0) is 17.8 Å². The summed E-state index contributed by atoms with van der Waals surface area (Å²) in [7, 11) is 0. The highest BCUT2D eigenvalue weighted by molar-refractivity contribution is 7.13. The maximum atomic E-state index is 12.9. The van der Waals surface area contributed by atoms with Gasteiger partial charge in [-0.3, -0.25) is 4.79 Å². The van der Waals surface area contributed by atoms with E-state index in [0.717, 1.165) is 43.1 Å². The van der Waals surface area contributed by atoms with Crippen molar-refractivity contribution >= 4 is 17.2 Å². The van der Waals surface area contributed by atoms with E-state index in [9.17, 15) is 4.79 Å². The Balaban J connectivity index is 1.42. The van der Waals surface area contributed by atoms with E-state index >= 15 is 0 Å². The van der Waals surface area contributed by atoms with Crippen molar-refractivity contribution < 1.29 is 9.32 Å². The molecule has 142 valence electrons. The number of amides is 1. The maximum absolute atomic E-state index is 12.9. The van der Waals surface area contributed by atoms with E-state index in [-0.39, 0.29) is 11.9 Å². The molecule has 0 aliphatic carbocycles. The second-order valence-electron chi connectivity index (χ2n) is 6.66. The number of imidazole rings is 1. The van der Waals surface area contributed by atoms with Crippen LogP contribution in [0.2, 0.25) is 0 Å². The van der Waals surface area contributed by atoms with Crippen molar-refractivity contribution in [1.29, 1.82) is 0 Å². The third-order valence-corrected chi connectivity index (χ3v) is 5.84. The van der Waals surface area contributed by atoms with Crippen LogP contribution in [0.4, 0.5) is 0 Å². The van der Waals surface area contributed by atoms with E-state index in [0.29, 0.717) is 24.6 Å². The lowest BCUT2D eigenvalue weighted by Crippen LogP contribution is -2.39. The summed E-state index contributed by atoms with van der Waals surface area (Å²) in [6.45, 7) is 3.74. The fourth-order valence-corrected chi connectivity index (χ4v) is 4.25. The molecule has 1 saturated heterocycles. The third-order valence-electron chi connectivity index (χ3n) is 4.97. The fraction of sp³-hybridized carbons (Fsp3) is 0.474. The SMILES string of the molecule is CCn1ccnc1[C@H]1CCCCN1C(=O)CCc1nc(-c2cccs2)no1. The zero-order chi connectivity index (χ0) is 18.6. The Morgan fingerprint density at radius 1 is 1.41 bits per heavy atom. The molecule has 0 saturated carbocycles. The Morgan fingerprint density at radius 3 is 3.15 bits per heavy atom. The standard InChI is InChI=1S/C19H23N5O2S/c1-2-23-12-10-20-19(23)14-6-3-4-11-24(14)17(25)9-8-16-21-18(22-26-16)15-7-5-13-27-15/h5,7,10,12-14H,2-4,6,8-9,11H2,1H3/t14-/m1/s1. The summed E-state index contributed by atoms with van der Waals surface area (Å²) < 4.78 is 7.45. The van der Waals surface area contributed by atoms with Crippen molar-refractivity contribution in [2.75, 3.05) is 6.54 Å². The van der Waals surface area contributed by atoms with Crippen LogP contribution in [0.3, 0.4) is 0 Å². The number of likely N-dealkylation sites (tertiary alicyclic amines) is 1. The minimum atomic E-state index is 0.0607. The van der Waals surface area contributed by atoms with Crippen LogP contribution < -0.4 is 0 Å². The first kappa shape index (κ1) is 17.9. The minimum absolute atomic E-state index is 0.0607. The van der Waals surface area contributed by atoms with Crippen LogP contribution in [0.1, 0.15) is 50.4 Å². The predicted molar refractivity (Wildman–Crippen MR) is 102 cm³/mol. The van der Waals surface area contributed by atoms with E-state index < -0.39 is 0 Å². The van der Waals surface area contributed by atoms with Gasteiger partial charge in [0.1, 0.15) is 5.82 Å². The molecule has 7 nitrogen and oxygen atoms in total. The number of carbonyl (C=O) groups is 1. The van der Waals surface area contributed by atoms with E-state index in [4.69, 9.17) is 4.52 Å². The van der Waals surface area contributed by atoms with Gasteiger partial charge in [-0.25, -0.2) is 4.98 Å². The van der Waals surface area contributed by atoms with Crippen molar-refractivity contribution in [2.45, 2.75) is 51.6 Å². The average Bonchev–Trinajstić information content (AvgIpc) is 3.47. The number of carbonyl (C=O) groups excluding carboxylic acids is 1. The van der Waals surface area contributed by atoms with Gasteiger partial charge in [-0.15, -0.1) is 11.3 Å². The average molecular weight is 385 g/mol. The molecule has 0 spiro atoms. The molecular formula is C19H23N5O2S. The quantitative estimate of drug-likeness (QED) is 0.646. The minimum Gasteiger partial charge on any atom is -0.339 e. The molecule has 1 aliphatic heterocycles. The van der Waals surface area contributed by atoms with Gasteiger partial charge in [0.05, 0.1) is 10.9 Å². The molecule has 1 aliphatic rings. The van der Waals surface area contributed by atoms with Gasteiger partial charge in [-0.1, -0.05) is 11.2 Å². The number of thiophene rings is 1. The molecular weight excluding hydrogens is 362 g/mol. The number of hydrogen-bond acceptors (Lipinski definition) is 6. The zero-order valence-corrected chi connectivity index (χ0v) is 16.2. The summed E-state index contributed by atoms with van der Waals surface area (Å²) in [6, 6.07) is 3.97. The highest BCUT2D eigenvalue weighted by atomic mass is 32.1. The molecule has 8 heteroatoms. The van der Waals surface area contributed by atoms with E-state index in [1.165, 1.54) is 0 Å². The van der Waals surface area contributed by atoms with Crippen molar-refractivity contribution in [1.82, 2.24) is 24.6 Å². The second kappa shape index (κ2) is 8.04. The Labute approximate surface area is 162 Å². The maximum Gasteiger partial charge on any atom is 0.227 e. The van der Waals surface area contributed by atoms with Gasteiger partial charge in [-0.2, -0.15) is 4.98 Å². The van der Waals surface area contributed by atoms with Crippen LogP contribution >= 0.6 is 11.3 Å². The molecule has 0 unspecified atom stereocenters. The van der Waals surface area contributed by atoms with E-state index in [2.05, 4.69) is 26.6 Å². The van der Waals surface area contributed by atoms with Gasteiger partial charge in [0, 0.05) is 38.3 Å². The van der Waals surface area contributed by atoms with Gasteiger partial charge < -0.3 is 14.0 Å². The van der Waals surface area contributed by atoms with Crippen LogP contribution in [0.15, 0.2) is 34.4 Å². The Morgan fingerprint density at radius 2 is 2.33 bits per heavy atom. The summed E-state index contributed by atoms with van der Waals surface area (Å²) in [5, 5.41) is 5.99. The monoisotopic (exact) mass is 385 g/mol. The molecule has 27 heavy (non-hydrogen) atoms. The Kier molecular flexibility index (Phi) is 5.33. The number of hydrogen-bond donors (Lipinski definition) is 0. The summed E-state index contributed by atoms with van der Waals surface area (Å²) in [4.78, 5) is 24.8. The number of aromatic nitrogens is 4. The molecule has 3 aromatic rings. The second-order valence-corrected chi connectivity index (χ2v) is 7.61. The third kappa shape index (κ3) is 3.80. The Hall–Kier alpha value is -2.48. The summed E-state index contributed by atoms with van der Waals surface area (Å²) in [5.74, 6) is 2.22. The molecule has 0 radical (unpaired) electrons. The summed E-state index contributed by atoms with van der Waals surface area (Å²) >= 11 is 1.57. The first-order chi connectivity index (χ1) is 13.3. The topological polar surface area (TPSA) is 77.1 Å². The van der Waals surface area contributed by atoms with E-state index in [1.54, 1.807) is 11.3 Å². The molecule has 0 aromatic carbocycles. The first-order valence-electron chi connectivity index (χ1n) is 9.43. The molecule has 1 atom stereocenters. The van der Waals surface area contributed by atoms with Crippen molar-refractivity contribution in [3.8, 4) is 10.7 Å². The van der Waals surface area contributed by atoms with Crippen molar-refractivity contribution in [3.63, 3.8) is 0 Å². The Bertz CT molecular complexity index is 886.